The van der Waals surface area contributed by atoms with E-state index in [0.29, 0.717) is 5.56 Å². The highest BCUT2D eigenvalue weighted by Gasteiger charge is 2.48. The molecule has 0 unspecified atom stereocenters. The zero-order valence-corrected chi connectivity index (χ0v) is 14.5. The number of rotatable bonds is 4. The van der Waals surface area contributed by atoms with Gasteiger partial charge in [-0.2, -0.15) is 0 Å². The van der Waals surface area contributed by atoms with Crippen LogP contribution in [0.1, 0.15) is 22.3 Å². The lowest BCUT2D eigenvalue weighted by Gasteiger charge is -2.48. The van der Waals surface area contributed by atoms with Crippen LogP contribution in [0.3, 0.4) is 0 Å². The molecule has 2 saturated heterocycles. The van der Waals surface area contributed by atoms with Gasteiger partial charge in [-0.15, -0.1) is 0 Å². The van der Waals surface area contributed by atoms with Crippen molar-refractivity contribution in [3.63, 3.8) is 0 Å². The molecule has 1 aromatic carbocycles. The van der Waals surface area contributed by atoms with Crippen molar-refractivity contribution in [2.45, 2.75) is 13.0 Å². The first kappa shape index (κ1) is 16.1. The van der Waals surface area contributed by atoms with E-state index in [2.05, 4.69) is 22.0 Å². The van der Waals surface area contributed by atoms with E-state index < -0.39 is 0 Å². The summed E-state index contributed by atoms with van der Waals surface area (Å²) >= 11 is 0. The van der Waals surface area contributed by atoms with Crippen molar-refractivity contribution in [3.05, 3.63) is 59.9 Å². The van der Waals surface area contributed by atoms with Gasteiger partial charge in [0.2, 0.25) is 0 Å². The lowest BCUT2D eigenvalue weighted by molar-refractivity contribution is 0.00259. The standard InChI is InChI=1S/C20H23N3O2/c1-25-18-6-4-16(5-7-18)12-22-13-20(14-22)8-10-23(15-20)19(24)17-3-2-9-21-11-17/h2-7,9,11H,8,10,12-15H2,1H3. The van der Waals surface area contributed by atoms with Crippen LogP contribution in [0.5, 0.6) is 5.75 Å². The van der Waals surface area contributed by atoms with Gasteiger partial charge in [0.15, 0.2) is 0 Å². The summed E-state index contributed by atoms with van der Waals surface area (Å²) in [7, 11) is 1.69. The number of carbonyl (C=O) groups excluding carboxylic acids is 1. The van der Waals surface area contributed by atoms with E-state index in [0.717, 1.165) is 44.9 Å². The first-order valence-corrected chi connectivity index (χ1v) is 8.72. The highest BCUT2D eigenvalue weighted by Crippen LogP contribution is 2.40. The fourth-order valence-corrected chi connectivity index (χ4v) is 4.04. The summed E-state index contributed by atoms with van der Waals surface area (Å²) in [6.45, 7) is 4.80. The molecule has 0 radical (unpaired) electrons. The molecule has 0 saturated carbocycles. The number of hydrogen-bond acceptors (Lipinski definition) is 4. The first-order chi connectivity index (χ1) is 12.2. The van der Waals surface area contributed by atoms with E-state index in [-0.39, 0.29) is 11.3 Å². The van der Waals surface area contributed by atoms with Crippen LogP contribution in [0.25, 0.3) is 0 Å². The fourth-order valence-electron chi connectivity index (χ4n) is 4.04. The van der Waals surface area contributed by atoms with Gasteiger partial charge in [0, 0.05) is 50.5 Å². The lowest BCUT2D eigenvalue weighted by Crippen LogP contribution is -2.57. The van der Waals surface area contributed by atoms with E-state index >= 15 is 0 Å². The highest BCUT2D eigenvalue weighted by atomic mass is 16.5. The van der Waals surface area contributed by atoms with Crippen LogP contribution < -0.4 is 4.74 Å². The molecular formula is C20H23N3O2. The van der Waals surface area contributed by atoms with Crippen LogP contribution in [0.4, 0.5) is 0 Å². The Bertz CT molecular complexity index is 739. The molecule has 0 N–H and O–H groups in total. The molecule has 1 aromatic heterocycles. The number of ether oxygens (including phenoxy) is 1. The maximum atomic E-state index is 12.6. The summed E-state index contributed by atoms with van der Waals surface area (Å²) in [6.07, 6.45) is 4.45. The number of carbonyl (C=O) groups is 1. The molecule has 25 heavy (non-hydrogen) atoms. The monoisotopic (exact) mass is 337 g/mol. The summed E-state index contributed by atoms with van der Waals surface area (Å²) in [6, 6.07) is 11.9. The molecule has 2 aromatic rings. The highest BCUT2D eigenvalue weighted by molar-refractivity contribution is 5.94. The summed E-state index contributed by atoms with van der Waals surface area (Å²) in [5.41, 5.74) is 2.27. The Morgan fingerprint density at radius 1 is 1.20 bits per heavy atom. The minimum atomic E-state index is 0.110. The topological polar surface area (TPSA) is 45.7 Å². The Labute approximate surface area is 148 Å². The molecule has 2 fully saturated rings. The molecule has 5 nitrogen and oxygen atoms in total. The number of methoxy groups -OCH3 is 1. The van der Waals surface area contributed by atoms with Crippen molar-refractivity contribution in [1.29, 1.82) is 0 Å². The number of aromatic nitrogens is 1. The third kappa shape index (κ3) is 3.24. The van der Waals surface area contributed by atoms with Gasteiger partial charge in [0.1, 0.15) is 5.75 Å². The molecule has 0 bridgehead atoms. The average molecular weight is 337 g/mol. The van der Waals surface area contributed by atoms with Gasteiger partial charge in [0.05, 0.1) is 12.7 Å². The third-order valence-electron chi connectivity index (χ3n) is 5.32. The van der Waals surface area contributed by atoms with Gasteiger partial charge in [-0.3, -0.25) is 14.7 Å². The maximum absolute atomic E-state index is 12.6. The molecule has 2 aliphatic rings. The second kappa shape index (κ2) is 6.48. The number of benzene rings is 1. The summed E-state index contributed by atoms with van der Waals surface area (Å²) < 4.78 is 5.21. The zero-order valence-electron chi connectivity index (χ0n) is 14.5. The van der Waals surface area contributed by atoms with E-state index in [4.69, 9.17) is 4.74 Å². The molecule has 0 aliphatic carbocycles. The lowest BCUT2D eigenvalue weighted by atomic mass is 9.79. The molecule has 4 rings (SSSR count). The minimum Gasteiger partial charge on any atom is -0.497 e. The Balaban J connectivity index is 1.31. The number of likely N-dealkylation sites (tertiary alicyclic amines) is 2. The maximum Gasteiger partial charge on any atom is 0.255 e. The summed E-state index contributed by atoms with van der Waals surface area (Å²) in [5, 5.41) is 0. The SMILES string of the molecule is COc1ccc(CN2CC3(CCN(C(=O)c4cccnc4)C3)C2)cc1. The number of amides is 1. The second-order valence-electron chi connectivity index (χ2n) is 7.21. The summed E-state index contributed by atoms with van der Waals surface area (Å²) in [4.78, 5) is 21.1. The van der Waals surface area contributed by atoms with Crippen LogP contribution in [0.2, 0.25) is 0 Å². The van der Waals surface area contributed by atoms with Crippen LogP contribution in [0, 0.1) is 5.41 Å². The molecule has 5 heteroatoms. The van der Waals surface area contributed by atoms with Crippen LogP contribution in [-0.2, 0) is 6.54 Å². The normalized spacial score (nSPS) is 19.0. The van der Waals surface area contributed by atoms with Crippen LogP contribution >= 0.6 is 0 Å². The van der Waals surface area contributed by atoms with Crippen LogP contribution in [0.15, 0.2) is 48.8 Å². The van der Waals surface area contributed by atoms with Gasteiger partial charge in [-0.1, -0.05) is 12.1 Å². The fraction of sp³-hybridized carbons (Fsp3) is 0.400. The van der Waals surface area contributed by atoms with Gasteiger partial charge >= 0.3 is 0 Å². The van der Waals surface area contributed by atoms with Crippen molar-refractivity contribution in [1.82, 2.24) is 14.8 Å². The van der Waals surface area contributed by atoms with Crippen molar-refractivity contribution < 1.29 is 9.53 Å². The molecule has 1 spiro atoms. The molecule has 130 valence electrons. The molecule has 2 aliphatic heterocycles. The average Bonchev–Trinajstić information content (AvgIpc) is 3.08. The molecular weight excluding hydrogens is 314 g/mol. The van der Waals surface area contributed by atoms with Gasteiger partial charge in [-0.05, 0) is 36.2 Å². The zero-order chi connectivity index (χ0) is 17.3. The van der Waals surface area contributed by atoms with Crippen molar-refractivity contribution >= 4 is 5.91 Å². The van der Waals surface area contributed by atoms with Crippen LogP contribution in [-0.4, -0.2) is 54.0 Å². The van der Waals surface area contributed by atoms with Gasteiger partial charge < -0.3 is 9.64 Å². The van der Waals surface area contributed by atoms with Crippen molar-refractivity contribution in [3.8, 4) is 5.75 Å². The van der Waals surface area contributed by atoms with Crippen molar-refractivity contribution in [2.24, 2.45) is 5.41 Å². The van der Waals surface area contributed by atoms with Gasteiger partial charge in [0.25, 0.3) is 5.91 Å². The Kier molecular flexibility index (Phi) is 4.17. The molecule has 1 amide bonds. The van der Waals surface area contributed by atoms with E-state index in [9.17, 15) is 4.79 Å². The van der Waals surface area contributed by atoms with Crippen molar-refractivity contribution in [2.75, 3.05) is 33.3 Å². The Hall–Kier alpha value is -2.40. The number of pyridine rings is 1. The smallest absolute Gasteiger partial charge is 0.255 e. The Morgan fingerprint density at radius 2 is 2.00 bits per heavy atom. The number of nitrogens with zero attached hydrogens (tertiary/aromatic N) is 3. The second-order valence-corrected chi connectivity index (χ2v) is 7.21. The first-order valence-electron chi connectivity index (χ1n) is 8.72. The largest absolute Gasteiger partial charge is 0.497 e. The third-order valence-corrected chi connectivity index (χ3v) is 5.32. The van der Waals surface area contributed by atoms with E-state index in [1.165, 1.54) is 5.56 Å². The van der Waals surface area contributed by atoms with Gasteiger partial charge in [-0.25, -0.2) is 0 Å². The summed E-state index contributed by atoms with van der Waals surface area (Å²) in [5.74, 6) is 1.00. The minimum absolute atomic E-state index is 0.110. The molecule has 0 atom stereocenters. The number of hydrogen-bond donors (Lipinski definition) is 0. The molecule has 3 heterocycles. The predicted octanol–water partition coefficient (Wildman–Crippen LogP) is 2.44. The van der Waals surface area contributed by atoms with E-state index in [1.807, 2.05) is 29.2 Å². The predicted molar refractivity (Wildman–Crippen MR) is 95.5 cm³/mol. The quantitative estimate of drug-likeness (QED) is 0.860. The Morgan fingerprint density at radius 3 is 2.68 bits per heavy atom. The van der Waals surface area contributed by atoms with E-state index in [1.54, 1.807) is 19.5 Å².